The maximum atomic E-state index is 13.2. The maximum absolute atomic E-state index is 13.2. The van der Waals surface area contributed by atoms with Crippen LogP contribution in [0.2, 0.25) is 0 Å². The van der Waals surface area contributed by atoms with Crippen LogP contribution in [0.15, 0.2) is 24.3 Å². The van der Waals surface area contributed by atoms with E-state index in [2.05, 4.69) is 24.8 Å². The Morgan fingerprint density at radius 2 is 1.48 bits per heavy atom. The summed E-state index contributed by atoms with van der Waals surface area (Å²) in [5.74, 6) is 5.02. The van der Waals surface area contributed by atoms with Gasteiger partial charge in [0.25, 0.3) is 0 Å². The van der Waals surface area contributed by atoms with Crippen molar-refractivity contribution in [1.29, 1.82) is 0 Å². The fourth-order valence-electron chi connectivity index (χ4n) is 5.19. The second-order valence-corrected chi connectivity index (χ2v) is 8.98. The van der Waals surface area contributed by atoms with Crippen LogP contribution < -0.4 is 0 Å². The summed E-state index contributed by atoms with van der Waals surface area (Å²) in [5.41, 5.74) is 0.157. The van der Waals surface area contributed by atoms with Crippen LogP contribution in [0.1, 0.15) is 83.1 Å². The first-order valence-corrected chi connectivity index (χ1v) is 11.4. The van der Waals surface area contributed by atoms with Crippen LogP contribution in [0.5, 0.6) is 0 Å². The van der Waals surface area contributed by atoms with Gasteiger partial charge in [0.1, 0.15) is 0 Å². The highest BCUT2D eigenvalue weighted by Crippen LogP contribution is 2.42. The lowest BCUT2D eigenvalue weighted by atomic mass is 9.68. The molecule has 1 aromatic carbocycles. The zero-order chi connectivity index (χ0) is 20.6. The quantitative estimate of drug-likeness (QED) is 0.348. The minimum atomic E-state index is -1.45. The topological polar surface area (TPSA) is 0 Å². The molecule has 29 heavy (non-hydrogen) atoms. The Morgan fingerprint density at radius 1 is 0.897 bits per heavy atom. The van der Waals surface area contributed by atoms with Crippen molar-refractivity contribution in [2.45, 2.75) is 77.6 Å². The van der Waals surface area contributed by atoms with Crippen molar-refractivity contribution in [3.8, 4) is 11.8 Å². The fraction of sp³-hybridized carbons (Fsp3) is 0.615. The third-order valence-corrected chi connectivity index (χ3v) is 6.99. The number of hydrogen-bond donors (Lipinski definition) is 0. The van der Waals surface area contributed by atoms with Crippen LogP contribution in [0.3, 0.4) is 0 Å². The SMILES string of the molecule is CCCC[C@H]1CC[C@H](C2CCC(/C=C/C#Cc3cc(F)c(F)c(F)c3)CC2)CC1. The third kappa shape index (κ3) is 6.39. The van der Waals surface area contributed by atoms with E-state index in [4.69, 9.17) is 0 Å². The van der Waals surface area contributed by atoms with E-state index < -0.39 is 17.5 Å². The minimum absolute atomic E-state index is 0.157. The van der Waals surface area contributed by atoms with Gasteiger partial charge in [-0.15, -0.1) is 0 Å². The molecule has 0 bridgehead atoms. The van der Waals surface area contributed by atoms with E-state index in [-0.39, 0.29) is 5.56 Å². The van der Waals surface area contributed by atoms with E-state index in [9.17, 15) is 13.2 Å². The molecule has 0 spiro atoms. The van der Waals surface area contributed by atoms with Gasteiger partial charge in [-0.1, -0.05) is 56.9 Å². The van der Waals surface area contributed by atoms with Gasteiger partial charge in [0, 0.05) is 5.56 Å². The molecule has 158 valence electrons. The van der Waals surface area contributed by atoms with Crippen molar-refractivity contribution in [3.63, 3.8) is 0 Å². The van der Waals surface area contributed by atoms with Gasteiger partial charge in [-0.05, 0) is 80.4 Å². The van der Waals surface area contributed by atoms with E-state index >= 15 is 0 Å². The predicted octanol–water partition coefficient (Wildman–Crippen LogP) is 7.81. The highest BCUT2D eigenvalue weighted by Gasteiger charge is 2.30. The number of unbranched alkanes of at least 4 members (excludes halogenated alkanes) is 1. The lowest BCUT2D eigenvalue weighted by Crippen LogP contribution is -2.25. The summed E-state index contributed by atoms with van der Waals surface area (Å²) in [7, 11) is 0. The largest absolute Gasteiger partial charge is 0.204 e. The summed E-state index contributed by atoms with van der Waals surface area (Å²) >= 11 is 0. The van der Waals surface area contributed by atoms with Crippen molar-refractivity contribution >= 4 is 0 Å². The number of halogens is 3. The Morgan fingerprint density at radius 3 is 2.07 bits per heavy atom. The standard InChI is InChI=1S/C26H33F3/c1-2-3-6-19-9-13-22(14-10-19)23-15-11-20(12-16-23)7-4-5-8-21-17-24(27)26(29)25(28)18-21/h4,7,17-20,22-23H,2-3,6,9-16H2,1H3/b7-4+/t19-,20?,22-,23?. The molecule has 2 aliphatic carbocycles. The summed E-state index contributed by atoms with van der Waals surface area (Å²) < 4.78 is 39.4. The average Bonchev–Trinajstić information content (AvgIpc) is 2.74. The van der Waals surface area contributed by atoms with Gasteiger partial charge >= 0.3 is 0 Å². The first-order valence-electron chi connectivity index (χ1n) is 11.4. The zero-order valence-corrected chi connectivity index (χ0v) is 17.5. The molecule has 0 N–H and O–H groups in total. The Balaban J connectivity index is 1.41. The molecule has 1 aromatic rings. The molecule has 2 fully saturated rings. The third-order valence-electron chi connectivity index (χ3n) is 6.99. The van der Waals surface area contributed by atoms with Crippen molar-refractivity contribution < 1.29 is 13.2 Å². The van der Waals surface area contributed by atoms with Gasteiger partial charge in [0.15, 0.2) is 17.5 Å². The lowest BCUT2D eigenvalue weighted by Gasteiger charge is -2.37. The minimum Gasteiger partial charge on any atom is -0.204 e. The van der Waals surface area contributed by atoms with Crippen LogP contribution in [0.4, 0.5) is 13.2 Å². The molecule has 2 saturated carbocycles. The first kappa shape index (κ1) is 22.0. The summed E-state index contributed by atoms with van der Waals surface area (Å²) in [6.45, 7) is 2.28. The molecular weight excluding hydrogens is 369 g/mol. The summed E-state index contributed by atoms with van der Waals surface area (Å²) in [4.78, 5) is 0. The van der Waals surface area contributed by atoms with Gasteiger partial charge in [0.2, 0.25) is 0 Å². The van der Waals surface area contributed by atoms with Crippen molar-refractivity contribution in [1.82, 2.24) is 0 Å². The summed E-state index contributed by atoms with van der Waals surface area (Å²) in [6.07, 6.45) is 18.8. The predicted molar refractivity (Wildman–Crippen MR) is 113 cm³/mol. The van der Waals surface area contributed by atoms with E-state index in [1.165, 1.54) is 70.6 Å². The van der Waals surface area contributed by atoms with Crippen LogP contribution in [-0.4, -0.2) is 0 Å². The maximum Gasteiger partial charge on any atom is 0.194 e. The Kier molecular flexibility index (Phi) is 8.28. The van der Waals surface area contributed by atoms with Crippen molar-refractivity contribution in [2.24, 2.45) is 23.7 Å². The molecule has 0 radical (unpaired) electrons. The second-order valence-electron chi connectivity index (χ2n) is 8.98. The zero-order valence-electron chi connectivity index (χ0n) is 17.5. The summed E-state index contributed by atoms with van der Waals surface area (Å²) in [5, 5.41) is 0. The molecular formula is C26H33F3. The van der Waals surface area contributed by atoms with E-state index in [0.29, 0.717) is 5.92 Å². The van der Waals surface area contributed by atoms with Gasteiger partial charge in [-0.3, -0.25) is 0 Å². The van der Waals surface area contributed by atoms with Gasteiger partial charge < -0.3 is 0 Å². The molecule has 2 aliphatic rings. The second kappa shape index (κ2) is 10.9. The number of rotatable bonds is 5. The number of hydrogen-bond acceptors (Lipinski definition) is 0. The van der Waals surface area contributed by atoms with E-state index in [0.717, 1.165) is 29.9 Å². The molecule has 0 atom stereocenters. The molecule has 3 rings (SSSR count). The van der Waals surface area contributed by atoms with Gasteiger partial charge in [-0.25, -0.2) is 13.2 Å². The molecule has 0 heterocycles. The average molecular weight is 403 g/mol. The Labute approximate surface area is 174 Å². The Hall–Kier alpha value is -1.69. The van der Waals surface area contributed by atoms with Crippen LogP contribution >= 0.6 is 0 Å². The molecule has 0 saturated heterocycles. The summed E-state index contributed by atoms with van der Waals surface area (Å²) in [6, 6.07) is 1.86. The molecule has 0 amide bonds. The lowest BCUT2D eigenvalue weighted by molar-refractivity contribution is 0.152. The normalized spacial score (nSPS) is 27.6. The highest BCUT2D eigenvalue weighted by atomic mass is 19.2. The molecule has 0 aromatic heterocycles. The monoisotopic (exact) mass is 402 g/mol. The Bertz CT molecular complexity index is 716. The highest BCUT2D eigenvalue weighted by molar-refractivity contribution is 5.37. The van der Waals surface area contributed by atoms with Crippen LogP contribution in [0.25, 0.3) is 0 Å². The van der Waals surface area contributed by atoms with E-state index in [1.807, 2.05) is 0 Å². The smallest absolute Gasteiger partial charge is 0.194 e. The first-order chi connectivity index (χ1) is 14.1. The van der Waals surface area contributed by atoms with Gasteiger partial charge in [0.05, 0.1) is 0 Å². The van der Waals surface area contributed by atoms with Gasteiger partial charge in [-0.2, -0.15) is 0 Å². The number of allylic oxidation sites excluding steroid dienone is 2. The van der Waals surface area contributed by atoms with E-state index in [1.54, 1.807) is 6.08 Å². The van der Waals surface area contributed by atoms with Crippen molar-refractivity contribution in [3.05, 3.63) is 47.3 Å². The van der Waals surface area contributed by atoms with Crippen LogP contribution in [0, 0.1) is 53.0 Å². The van der Waals surface area contributed by atoms with Crippen molar-refractivity contribution in [2.75, 3.05) is 0 Å². The fourth-order valence-corrected chi connectivity index (χ4v) is 5.19. The molecule has 3 heteroatoms. The van der Waals surface area contributed by atoms with Crippen LogP contribution in [-0.2, 0) is 0 Å². The molecule has 0 nitrogen and oxygen atoms in total. The number of benzene rings is 1. The molecule has 0 unspecified atom stereocenters. The molecule has 0 aliphatic heterocycles.